The Morgan fingerprint density at radius 2 is 2.12 bits per heavy atom. The number of carbonyl (C=O) groups is 1. The van der Waals surface area contributed by atoms with Crippen molar-refractivity contribution >= 4 is 5.91 Å². The second-order valence-electron chi connectivity index (χ2n) is 6.42. The van der Waals surface area contributed by atoms with Crippen molar-refractivity contribution in [3.05, 3.63) is 41.7 Å². The van der Waals surface area contributed by atoms with Crippen LogP contribution in [0.1, 0.15) is 24.2 Å². The molecule has 0 saturated carbocycles. The third kappa shape index (κ3) is 4.61. The summed E-state index contributed by atoms with van der Waals surface area (Å²) < 4.78 is 0. The number of nitrogens with zero attached hydrogens (tertiary/aromatic N) is 4. The van der Waals surface area contributed by atoms with Gasteiger partial charge in [-0.2, -0.15) is 5.21 Å². The fourth-order valence-electron chi connectivity index (χ4n) is 3.14. The fourth-order valence-corrected chi connectivity index (χ4v) is 3.14. The van der Waals surface area contributed by atoms with Crippen LogP contribution in [-0.4, -0.2) is 68.3 Å². The maximum Gasteiger partial charge on any atom is 0.255 e. The molecule has 25 heavy (non-hydrogen) atoms. The number of amides is 1. The molecule has 1 aliphatic rings. The minimum absolute atomic E-state index is 0.179. The molecular weight excluding hydrogens is 320 g/mol. The van der Waals surface area contributed by atoms with Crippen LogP contribution in [0.4, 0.5) is 0 Å². The van der Waals surface area contributed by atoms with Crippen molar-refractivity contribution in [1.82, 2.24) is 30.8 Å². The van der Waals surface area contributed by atoms with Crippen molar-refractivity contribution in [2.75, 3.05) is 26.2 Å². The van der Waals surface area contributed by atoms with E-state index in [1.54, 1.807) is 4.90 Å². The fraction of sp³-hybridized carbons (Fsp3) is 0.529. The molecule has 134 valence electrons. The number of likely N-dealkylation sites (tertiary alicyclic amines) is 1. The molecule has 1 aromatic carbocycles. The SMILES string of the molecule is O=C1N(CCc2ccccc2)CCCC1(O)CNCCc1nn[nH]n1. The van der Waals surface area contributed by atoms with E-state index in [0.29, 0.717) is 38.3 Å². The molecule has 0 bridgehead atoms. The summed E-state index contributed by atoms with van der Waals surface area (Å²) in [6.07, 6.45) is 2.69. The van der Waals surface area contributed by atoms with Crippen molar-refractivity contribution in [2.45, 2.75) is 31.3 Å². The van der Waals surface area contributed by atoms with E-state index in [0.717, 1.165) is 12.8 Å². The Balaban J connectivity index is 1.47. The predicted molar refractivity (Wildman–Crippen MR) is 91.7 cm³/mol. The second kappa shape index (κ2) is 8.17. The number of aliphatic hydroxyl groups is 1. The van der Waals surface area contributed by atoms with Gasteiger partial charge < -0.3 is 15.3 Å². The standard InChI is InChI=1S/C17H24N6O2/c24-16-17(25,13-18-10-7-15-19-21-22-20-15)9-4-11-23(16)12-8-14-5-2-1-3-6-14/h1-3,5-6,18,25H,4,7-13H2,(H,19,20,21,22). The lowest BCUT2D eigenvalue weighted by molar-refractivity contribution is -0.156. The second-order valence-corrected chi connectivity index (χ2v) is 6.42. The zero-order chi connectivity index (χ0) is 17.5. The molecular formula is C17H24N6O2. The maximum atomic E-state index is 12.7. The van der Waals surface area contributed by atoms with Gasteiger partial charge in [-0.25, -0.2) is 0 Å². The topological polar surface area (TPSA) is 107 Å². The first-order valence-electron chi connectivity index (χ1n) is 8.66. The van der Waals surface area contributed by atoms with Gasteiger partial charge in [0.2, 0.25) is 0 Å². The number of benzene rings is 1. The van der Waals surface area contributed by atoms with Crippen LogP contribution in [0.15, 0.2) is 30.3 Å². The van der Waals surface area contributed by atoms with E-state index in [1.807, 2.05) is 18.2 Å². The van der Waals surface area contributed by atoms with Crippen LogP contribution in [0.2, 0.25) is 0 Å². The minimum atomic E-state index is -1.33. The average Bonchev–Trinajstić information content (AvgIpc) is 3.15. The van der Waals surface area contributed by atoms with Crippen LogP contribution in [0.5, 0.6) is 0 Å². The van der Waals surface area contributed by atoms with Crippen molar-refractivity contribution in [2.24, 2.45) is 0 Å². The number of aromatic amines is 1. The normalized spacial score (nSPS) is 20.8. The lowest BCUT2D eigenvalue weighted by atomic mass is 9.91. The van der Waals surface area contributed by atoms with Gasteiger partial charge in [0.1, 0.15) is 0 Å². The molecule has 1 saturated heterocycles. The number of aromatic nitrogens is 4. The summed E-state index contributed by atoms with van der Waals surface area (Å²) in [6.45, 7) is 2.16. The molecule has 1 unspecified atom stereocenters. The van der Waals surface area contributed by atoms with Gasteiger partial charge in [0.15, 0.2) is 11.4 Å². The molecule has 1 atom stereocenters. The molecule has 1 aromatic heterocycles. The van der Waals surface area contributed by atoms with E-state index >= 15 is 0 Å². The molecule has 2 aromatic rings. The van der Waals surface area contributed by atoms with Crippen LogP contribution in [0, 0.1) is 0 Å². The summed E-state index contributed by atoms with van der Waals surface area (Å²) in [7, 11) is 0. The summed E-state index contributed by atoms with van der Waals surface area (Å²) in [5.41, 5.74) is -0.130. The molecule has 1 amide bonds. The number of hydrogen-bond acceptors (Lipinski definition) is 6. The van der Waals surface area contributed by atoms with Gasteiger partial charge in [-0.3, -0.25) is 4.79 Å². The largest absolute Gasteiger partial charge is 0.379 e. The molecule has 3 N–H and O–H groups in total. The number of H-pyrrole nitrogens is 1. The Hall–Kier alpha value is -2.32. The van der Waals surface area contributed by atoms with Gasteiger partial charge in [0.05, 0.1) is 0 Å². The van der Waals surface area contributed by atoms with Crippen LogP contribution < -0.4 is 5.32 Å². The highest BCUT2D eigenvalue weighted by molar-refractivity contribution is 5.86. The number of tetrazole rings is 1. The quantitative estimate of drug-likeness (QED) is 0.579. The Morgan fingerprint density at radius 3 is 2.88 bits per heavy atom. The van der Waals surface area contributed by atoms with Crippen LogP contribution in [-0.2, 0) is 17.6 Å². The number of nitrogens with one attached hydrogen (secondary N) is 2. The number of carbonyl (C=O) groups excluding carboxylic acids is 1. The van der Waals surface area contributed by atoms with Crippen LogP contribution in [0.25, 0.3) is 0 Å². The summed E-state index contributed by atoms with van der Waals surface area (Å²) >= 11 is 0. The van der Waals surface area contributed by atoms with Gasteiger partial charge in [0, 0.05) is 32.6 Å². The molecule has 2 heterocycles. The summed E-state index contributed by atoms with van der Waals surface area (Å²) in [5, 5.41) is 27.5. The molecule has 0 aliphatic carbocycles. The van der Waals surface area contributed by atoms with Crippen LogP contribution in [0.3, 0.4) is 0 Å². The smallest absolute Gasteiger partial charge is 0.255 e. The first-order valence-corrected chi connectivity index (χ1v) is 8.66. The maximum absolute atomic E-state index is 12.7. The third-order valence-corrected chi connectivity index (χ3v) is 4.55. The van der Waals surface area contributed by atoms with Crippen molar-refractivity contribution in [3.63, 3.8) is 0 Å². The molecule has 0 radical (unpaired) electrons. The average molecular weight is 344 g/mol. The molecule has 8 nitrogen and oxygen atoms in total. The van der Waals surface area contributed by atoms with Crippen molar-refractivity contribution in [1.29, 1.82) is 0 Å². The van der Waals surface area contributed by atoms with Gasteiger partial charge in [-0.1, -0.05) is 35.5 Å². The lowest BCUT2D eigenvalue weighted by Gasteiger charge is -2.38. The molecule has 1 fully saturated rings. The molecule has 0 spiro atoms. The first-order chi connectivity index (χ1) is 12.2. The first kappa shape index (κ1) is 17.5. The highest BCUT2D eigenvalue weighted by Crippen LogP contribution is 2.22. The minimum Gasteiger partial charge on any atom is -0.379 e. The van der Waals surface area contributed by atoms with E-state index < -0.39 is 5.60 Å². The third-order valence-electron chi connectivity index (χ3n) is 4.55. The zero-order valence-electron chi connectivity index (χ0n) is 14.2. The Kier molecular flexibility index (Phi) is 5.72. The van der Waals surface area contributed by atoms with E-state index in [9.17, 15) is 9.90 Å². The van der Waals surface area contributed by atoms with Crippen molar-refractivity contribution < 1.29 is 9.90 Å². The van der Waals surface area contributed by atoms with E-state index in [1.165, 1.54) is 5.56 Å². The summed E-state index contributed by atoms with van der Waals surface area (Å²) in [4.78, 5) is 14.5. The van der Waals surface area contributed by atoms with Gasteiger partial charge in [-0.05, 0) is 24.8 Å². The highest BCUT2D eigenvalue weighted by atomic mass is 16.3. The lowest BCUT2D eigenvalue weighted by Crippen LogP contribution is -2.58. The van der Waals surface area contributed by atoms with E-state index in [4.69, 9.17) is 0 Å². The van der Waals surface area contributed by atoms with Crippen LogP contribution >= 0.6 is 0 Å². The summed E-state index contributed by atoms with van der Waals surface area (Å²) in [5.74, 6) is 0.431. The number of hydrogen-bond donors (Lipinski definition) is 3. The van der Waals surface area contributed by atoms with Gasteiger partial charge in [0.25, 0.3) is 5.91 Å². The van der Waals surface area contributed by atoms with Gasteiger partial charge in [-0.15, -0.1) is 10.2 Å². The number of rotatable bonds is 8. The summed E-state index contributed by atoms with van der Waals surface area (Å²) in [6, 6.07) is 10.1. The van der Waals surface area contributed by atoms with Crippen molar-refractivity contribution in [3.8, 4) is 0 Å². The zero-order valence-corrected chi connectivity index (χ0v) is 14.2. The van der Waals surface area contributed by atoms with E-state index in [-0.39, 0.29) is 12.5 Å². The van der Waals surface area contributed by atoms with Gasteiger partial charge >= 0.3 is 0 Å². The highest BCUT2D eigenvalue weighted by Gasteiger charge is 2.41. The molecule has 3 rings (SSSR count). The predicted octanol–water partition coefficient (Wildman–Crippen LogP) is -0.0720. The van der Waals surface area contributed by atoms with E-state index in [2.05, 4.69) is 38.1 Å². The monoisotopic (exact) mass is 344 g/mol. The Labute approximate surface area is 146 Å². The molecule has 8 heteroatoms. The Bertz CT molecular complexity index is 663. The Morgan fingerprint density at radius 1 is 1.28 bits per heavy atom. The molecule has 1 aliphatic heterocycles. The number of piperidine rings is 1.